The molecule has 0 N–H and O–H groups in total. The number of aldehydes is 1. The fraction of sp³-hybridized carbons (Fsp3) is 0.192. The van der Waals surface area contributed by atoms with E-state index in [-0.39, 0.29) is 42.4 Å². The fourth-order valence-corrected chi connectivity index (χ4v) is 4.41. The maximum absolute atomic E-state index is 12.6. The Morgan fingerprint density at radius 1 is 1.05 bits per heavy atom. The molecule has 12 heteroatoms. The minimum Gasteiger partial charge on any atom is -0.492 e. The van der Waals surface area contributed by atoms with Crippen LogP contribution in [0.25, 0.3) is 0 Å². The van der Waals surface area contributed by atoms with E-state index in [0.29, 0.717) is 26.5 Å². The molecule has 0 aromatic heterocycles. The molecule has 0 aliphatic carbocycles. The lowest BCUT2D eigenvalue weighted by Crippen LogP contribution is -2.20. The number of ether oxygens (including phenoxy) is 3. The first-order valence-corrected chi connectivity index (χ1v) is 12.7. The molecule has 0 saturated heterocycles. The van der Waals surface area contributed by atoms with Gasteiger partial charge in [-0.15, -0.1) is 0 Å². The highest BCUT2D eigenvalue weighted by Gasteiger charge is 2.22. The Bertz CT molecular complexity index is 1360. The van der Waals surface area contributed by atoms with Gasteiger partial charge < -0.3 is 19.0 Å². The van der Waals surface area contributed by atoms with E-state index < -0.39 is 16.6 Å². The van der Waals surface area contributed by atoms with Gasteiger partial charge in [0.15, 0.2) is 23.5 Å². The quantitative estimate of drug-likeness (QED) is 0.0724. The van der Waals surface area contributed by atoms with Gasteiger partial charge in [-0.05, 0) is 68.1 Å². The molecule has 0 spiro atoms. The largest absolute Gasteiger partial charge is 0.492 e. The highest BCUT2D eigenvalue weighted by Crippen LogP contribution is 2.42. The Balaban J connectivity index is 1.94. The summed E-state index contributed by atoms with van der Waals surface area (Å²) in [5.41, 5.74) is 0.958. The van der Waals surface area contributed by atoms with E-state index in [0.717, 1.165) is 11.6 Å². The van der Waals surface area contributed by atoms with Crippen LogP contribution < -0.4 is 9.47 Å². The van der Waals surface area contributed by atoms with Crippen molar-refractivity contribution < 1.29 is 33.6 Å². The molecule has 3 aromatic rings. The number of carbonyl (C=O) groups excluding carboxylic acids is 2. The van der Waals surface area contributed by atoms with Gasteiger partial charge >= 0.3 is 5.97 Å². The van der Waals surface area contributed by atoms with Crippen LogP contribution in [-0.4, -0.2) is 36.6 Å². The Morgan fingerprint density at radius 2 is 1.79 bits per heavy atom. The second kappa shape index (κ2) is 13.7. The maximum atomic E-state index is 12.6. The van der Waals surface area contributed by atoms with Gasteiger partial charge in [-0.1, -0.05) is 35.5 Å². The van der Waals surface area contributed by atoms with E-state index in [9.17, 15) is 19.7 Å². The lowest BCUT2D eigenvalue weighted by Gasteiger charge is -2.15. The first-order valence-electron chi connectivity index (χ1n) is 11.1. The van der Waals surface area contributed by atoms with Crippen LogP contribution in [0.1, 0.15) is 28.4 Å². The summed E-state index contributed by atoms with van der Waals surface area (Å²) >= 11 is 6.71. The summed E-state index contributed by atoms with van der Waals surface area (Å²) in [6.45, 7) is 2.00. The number of nitrogens with zero attached hydrogens (tertiary/aromatic N) is 2. The predicted octanol–water partition coefficient (Wildman–Crippen LogP) is 6.41. The van der Waals surface area contributed by atoms with Crippen LogP contribution in [0.2, 0.25) is 0 Å². The average Bonchev–Trinajstić information content (AvgIpc) is 2.89. The fourth-order valence-electron chi connectivity index (χ4n) is 3.31. The number of oxime groups is 1. The monoisotopic (exact) mass is 648 g/mol. The van der Waals surface area contributed by atoms with Crippen molar-refractivity contribution in [3.05, 3.63) is 90.3 Å². The van der Waals surface area contributed by atoms with Gasteiger partial charge in [0, 0.05) is 6.42 Å². The molecule has 0 unspecified atom stereocenters. The van der Waals surface area contributed by atoms with Gasteiger partial charge in [-0.3, -0.25) is 14.9 Å². The Labute approximate surface area is 234 Å². The summed E-state index contributed by atoms with van der Waals surface area (Å²) in [6, 6.07) is 15.1. The van der Waals surface area contributed by atoms with Gasteiger partial charge in [0.25, 0.3) is 5.69 Å². The van der Waals surface area contributed by atoms with Crippen LogP contribution in [0.4, 0.5) is 5.69 Å². The Morgan fingerprint density at radius 3 is 2.42 bits per heavy atom. The molecule has 0 bridgehead atoms. The lowest BCUT2D eigenvalue weighted by atomic mass is 10.1. The summed E-state index contributed by atoms with van der Waals surface area (Å²) in [4.78, 5) is 40.0. The number of nitro benzene ring substituents is 1. The van der Waals surface area contributed by atoms with Crippen molar-refractivity contribution >= 4 is 55.5 Å². The van der Waals surface area contributed by atoms with Crippen LogP contribution >= 0.6 is 31.9 Å². The second-order valence-corrected chi connectivity index (χ2v) is 9.33. The first-order chi connectivity index (χ1) is 18.3. The minimum atomic E-state index is -0.676. The standard InChI is InChI=1S/C26H22Br2N2O8/c1-3-36-26(32)21(29-37-15-16-7-5-4-6-8-16)10-17-9-20(28)25(35-2)24(11-17)38-23-13-22(30(33)34)18(14-31)12-19(23)27/h4-9,11-14H,3,10,15H2,1-2H3/b29-21+. The van der Waals surface area contributed by atoms with E-state index in [2.05, 4.69) is 37.0 Å². The number of esters is 1. The number of nitro groups is 1. The number of rotatable bonds is 12. The number of hydrogen-bond donors (Lipinski definition) is 0. The Kier molecular flexibility index (Phi) is 10.4. The highest BCUT2D eigenvalue weighted by atomic mass is 79.9. The molecule has 0 radical (unpaired) electrons. The molecule has 0 aliphatic heterocycles. The first kappa shape index (κ1) is 28.8. The molecule has 0 atom stereocenters. The molecule has 3 aromatic carbocycles. The molecular formula is C26H22Br2N2O8. The second-order valence-electron chi connectivity index (χ2n) is 7.62. The van der Waals surface area contributed by atoms with E-state index in [4.69, 9.17) is 19.0 Å². The summed E-state index contributed by atoms with van der Waals surface area (Å²) in [5, 5.41) is 15.4. The van der Waals surface area contributed by atoms with E-state index >= 15 is 0 Å². The van der Waals surface area contributed by atoms with Crippen molar-refractivity contribution in [1.29, 1.82) is 0 Å². The zero-order valence-electron chi connectivity index (χ0n) is 20.3. The summed E-state index contributed by atoms with van der Waals surface area (Å²) in [5.74, 6) is -0.0650. The zero-order chi connectivity index (χ0) is 27.7. The smallest absolute Gasteiger partial charge is 0.356 e. The lowest BCUT2D eigenvalue weighted by molar-refractivity contribution is -0.385. The normalized spacial score (nSPS) is 11.0. The molecule has 0 heterocycles. The third kappa shape index (κ3) is 7.39. The van der Waals surface area contributed by atoms with Crippen LogP contribution in [0.5, 0.6) is 17.2 Å². The molecule has 38 heavy (non-hydrogen) atoms. The van der Waals surface area contributed by atoms with E-state index in [1.807, 2.05) is 30.3 Å². The number of hydrogen-bond acceptors (Lipinski definition) is 9. The van der Waals surface area contributed by atoms with Crippen LogP contribution in [0.3, 0.4) is 0 Å². The van der Waals surface area contributed by atoms with Gasteiger partial charge in [-0.25, -0.2) is 4.79 Å². The molecule has 198 valence electrons. The topological polar surface area (TPSA) is 127 Å². The maximum Gasteiger partial charge on any atom is 0.356 e. The minimum absolute atomic E-state index is 0.0258. The predicted molar refractivity (Wildman–Crippen MR) is 146 cm³/mol. The summed E-state index contributed by atoms with van der Waals surface area (Å²) < 4.78 is 17.4. The van der Waals surface area contributed by atoms with Gasteiger partial charge in [0.2, 0.25) is 0 Å². The van der Waals surface area contributed by atoms with Crippen molar-refractivity contribution in [3.8, 4) is 17.2 Å². The third-order valence-electron chi connectivity index (χ3n) is 5.03. The SMILES string of the molecule is CCOC(=O)/C(Cc1cc(Br)c(OC)c(Oc2cc([N+](=O)[O-])c(C=O)cc2Br)c1)=N/OCc1ccccc1. The summed E-state index contributed by atoms with van der Waals surface area (Å²) in [7, 11) is 1.43. The molecule has 0 amide bonds. The number of benzene rings is 3. The molecule has 0 aliphatic rings. The van der Waals surface area contributed by atoms with Gasteiger partial charge in [-0.2, -0.15) is 0 Å². The summed E-state index contributed by atoms with van der Waals surface area (Å²) in [6.07, 6.45) is 0.415. The molecule has 10 nitrogen and oxygen atoms in total. The molecule has 3 rings (SSSR count). The van der Waals surface area contributed by atoms with Crippen molar-refractivity contribution in [1.82, 2.24) is 0 Å². The van der Waals surface area contributed by atoms with Crippen molar-refractivity contribution in [2.24, 2.45) is 5.16 Å². The van der Waals surface area contributed by atoms with Crippen molar-refractivity contribution in [2.45, 2.75) is 20.0 Å². The van der Waals surface area contributed by atoms with Crippen LogP contribution in [0, 0.1) is 10.1 Å². The molecular weight excluding hydrogens is 628 g/mol. The molecule has 0 saturated carbocycles. The van der Waals surface area contributed by atoms with E-state index in [1.54, 1.807) is 19.1 Å². The number of halogens is 2. The molecule has 0 fully saturated rings. The number of methoxy groups -OCH3 is 1. The highest BCUT2D eigenvalue weighted by molar-refractivity contribution is 9.11. The van der Waals surface area contributed by atoms with E-state index in [1.165, 1.54) is 13.2 Å². The van der Waals surface area contributed by atoms with Crippen molar-refractivity contribution in [2.75, 3.05) is 13.7 Å². The average molecular weight is 650 g/mol. The van der Waals surface area contributed by atoms with Crippen LogP contribution in [-0.2, 0) is 27.4 Å². The Hall–Kier alpha value is -3.77. The third-order valence-corrected chi connectivity index (χ3v) is 6.24. The van der Waals surface area contributed by atoms with Gasteiger partial charge in [0.05, 0.1) is 39.2 Å². The number of carbonyl (C=O) groups is 2. The van der Waals surface area contributed by atoms with Crippen LogP contribution in [0.15, 0.2) is 68.7 Å². The van der Waals surface area contributed by atoms with Crippen molar-refractivity contribution in [3.63, 3.8) is 0 Å². The zero-order valence-corrected chi connectivity index (χ0v) is 23.5. The van der Waals surface area contributed by atoms with Gasteiger partial charge in [0.1, 0.15) is 12.4 Å².